The average molecular weight is 172 g/mol. The van der Waals surface area contributed by atoms with E-state index in [0.717, 1.165) is 11.3 Å². The third-order valence-corrected chi connectivity index (χ3v) is 1.71. The van der Waals surface area contributed by atoms with Gasteiger partial charge in [-0.2, -0.15) is 10.2 Å². The van der Waals surface area contributed by atoms with Crippen LogP contribution in [-0.4, -0.2) is 20.2 Å². The number of nitrogens with zero attached hydrogens (tertiary/aromatic N) is 4. The molecule has 0 unspecified atom stereocenters. The molecule has 0 bridgehead atoms. The van der Waals surface area contributed by atoms with Gasteiger partial charge in [0, 0.05) is 18.0 Å². The van der Waals surface area contributed by atoms with E-state index in [-0.39, 0.29) is 0 Å². The van der Waals surface area contributed by atoms with Crippen LogP contribution in [-0.2, 0) is 0 Å². The van der Waals surface area contributed by atoms with Gasteiger partial charge in [-0.05, 0) is 19.1 Å². The zero-order chi connectivity index (χ0) is 9.10. The maximum absolute atomic E-state index is 4.13. The monoisotopic (exact) mass is 172 g/mol. The van der Waals surface area contributed by atoms with E-state index >= 15 is 0 Å². The summed E-state index contributed by atoms with van der Waals surface area (Å²) in [5.74, 6) is 0.690. The smallest absolute Gasteiger partial charge is 0.161 e. The van der Waals surface area contributed by atoms with Crippen LogP contribution in [0.1, 0.15) is 5.69 Å². The lowest BCUT2D eigenvalue weighted by Gasteiger charge is -1.99. The van der Waals surface area contributed by atoms with Crippen molar-refractivity contribution in [3.63, 3.8) is 0 Å². The van der Waals surface area contributed by atoms with Crippen LogP contribution in [0.15, 0.2) is 30.7 Å². The SMILES string of the molecule is Cc1nnccc1-c1ncccn1. The molecule has 13 heavy (non-hydrogen) atoms. The molecule has 0 saturated carbocycles. The van der Waals surface area contributed by atoms with E-state index in [1.807, 2.05) is 13.0 Å². The Bertz CT molecular complexity index is 399. The summed E-state index contributed by atoms with van der Waals surface area (Å²) in [5, 5.41) is 7.69. The lowest BCUT2D eigenvalue weighted by molar-refractivity contribution is 0.975. The summed E-state index contributed by atoms with van der Waals surface area (Å²) in [6.07, 6.45) is 5.06. The quantitative estimate of drug-likeness (QED) is 0.649. The summed E-state index contributed by atoms with van der Waals surface area (Å²) in [6, 6.07) is 3.64. The standard InChI is InChI=1S/C9H8N4/c1-7-8(3-6-12-13-7)9-10-4-2-5-11-9/h2-6H,1H3. The molecule has 2 rings (SSSR count). The Labute approximate surface area is 75.7 Å². The van der Waals surface area contributed by atoms with Crippen LogP contribution in [0.4, 0.5) is 0 Å². The molecule has 0 aliphatic carbocycles. The predicted octanol–water partition coefficient (Wildman–Crippen LogP) is 1.24. The molecular weight excluding hydrogens is 164 g/mol. The summed E-state index contributed by atoms with van der Waals surface area (Å²) >= 11 is 0. The topological polar surface area (TPSA) is 51.6 Å². The molecule has 0 amide bonds. The molecule has 2 heterocycles. The van der Waals surface area contributed by atoms with E-state index in [1.54, 1.807) is 24.7 Å². The van der Waals surface area contributed by atoms with Crippen molar-refractivity contribution >= 4 is 0 Å². The van der Waals surface area contributed by atoms with Crippen LogP contribution < -0.4 is 0 Å². The minimum atomic E-state index is 0.690. The summed E-state index contributed by atoms with van der Waals surface area (Å²) in [6.45, 7) is 1.89. The van der Waals surface area contributed by atoms with E-state index in [2.05, 4.69) is 20.2 Å². The summed E-state index contributed by atoms with van der Waals surface area (Å²) in [7, 11) is 0. The highest BCUT2D eigenvalue weighted by Gasteiger charge is 2.03. The minimum absolute atomic E-state index is 0.690. The van der Waals surface area contributed by atoms with E-state index in [1.165, 1.54) is 0 Å². The maximum atomic E-state index is 4.13. The first-order chi connectivity index (χ1) is 6.38. The van der Waals surface area contributed by atoms with Crippen molar-refractivity contribution in [2.24, 2.45) is 0 Å². The van der Waals surface area contributed by atoms with Crippen LogP contribution in [0, 0.1) is 6.92 Å². The summed E-state index contributed by atoms with van der Waals surface area (Å²) in [5.41, 5.74) is 1.77. The van der Waals surface area contributed by atoms with Crippen LogP contribution in [0.2, 0.25) is 0 Å². The molecule has 0 aliphatic heterocycles. The van der Waals surface area contributed by atoms with Gasteiger partial charge in [0.15, 0.2) is 5.82 Å². The van der Waals surface area contributed by atoms with Crippen molar-refractivity contribution in [3.8, 4) is 11.4 Å². The van der Waals surface area contributed by atoms with Crippen molar-refractivity contribution in [2.75, 3.05) is 0 Å². The fourth-order valence-electron chi connectivity index (χ4n) is 1.08. The van der Waals surface area contributed by atoms with E-state index in [4.69, 9.17) is 0 Å². The minimum Gasteiger partial charge on any atom is -0.237 e. The van der Waals surface area contributed by atoms with E-state index < -0.39 is 0 Å². The van der Waals surface area contributed by atoms with Gasteiger partial charge < -0.3 is 0 Å². The molecule has 0 radical (unpaired) electrons. The average Bonchev–Trinajstić information content (AvgIpc) is 2.20. The van der Waals surface area contributed by atoms with Gasteiger partial charge in [-0.25, -0.2) is 9.97 Å². The Morgan fingerprint density at radius 2 is 1.85 bits per heavy atom. The highest BCUT2D eigenvalue weighted by molar-refractivity contribution is 5.56. The molecule has 0 aliphatic rings. The summed E-state index contributed by atoms with van der Waals surface area (Å²) < 4.78 is 0. The molecule has 0 atom stereocenters. The molecule has 0 saturated heterocycles. The maximum Gasteiger partial charge on any atom is 0.161 e. The molecule has 0 aromatic carbocycles. The Morgan fingerprint density at radius 1 is 1.08 bits per heavy atom. The van der Waals surface area contributed by atoms with Crippen molar-refractivity contribution in [1.82, 2.24) is 20.2 Å². The largest absolute Gasteiger partial charge is 0.237 e. The molecule has 2 aromatic heterocycles. The lowest BCUT2D eigenvalue weighted by atomic mass is 10.2. The Morgan fingerprint density at radius 3 is 2.54 bits per heavy atom. The van der Waals surface area contributed by atoms with Crippen molar-refractivity contribution < 1.29 is 0 Å². The number of aryl methyl sites for hydroxylation is 1. The van der Waals surface area contributed by atoms with E-state index in [0.29, 0.717) is 5.82 Å². The molecule has 64 valence electrons. The molecule has 4 heteroatoms. The van der Waals surface area contributed by atoms with Gasteiger partial charge in [0.2, 0.25) is 0 Å². The first kappa shape index (κ1) is 7.79. The Kier molecular flexibility index (Phi) is 1.96. The molecule has 0 fully saturated rings. The van der Waals surface area contributed by atoms with Crippen LogP contribution in [0.3, 0.4) is 0 Å². The molecule has 2 aromatic rings. The van der Waals surface area contributed by atoms with Gasteiger partial charge in [-0.15, -0.1) is 0 Å². The van der Waals surface area contributed by atoms with Crippen LogP contribution in [0.25, 0.3) is 11.4 Å². The number of hydrogen-bond acceptors (Lipinski definition) is 4. The lowest BCUT2D eigenvalue weighted by Crippen LogP contribution is -1.93. The Hall–Kier alpha value is -1.84. The van der Waals surface area contributed by atoms with Crippen molar-refractivity contribution in [1.29, 1.82) is 0 Å². The second-order valence-electron chi connectivity index (χ2n) is 2.60. The van der Waals surface area contributed by atoms with Gasteiger partial charge in [-0.3, -0.25) is 0 Å². The molecule has 4 nitrogen and oxygen atoms in total. The number of rotatable bonds is 1. The van der Waals surface area contributed by atoms with Gasteiger partial charge in [-0.1, -0.05) is 0 Å². The first-order valence-corrected chi connectivity index (χ1v) is 3.93. The van der Waals surface area contributed by atoms with Crippen LogP contribution >= 0.6 is 0 Å². The normalized spacial score (nSPS) is 9.92. The van der Waals surface area contributed by atoms with Crippen molar-refractivity contribution in [2.45, 2.75) is 6.92 Å². The van der Waals surface area contributed by atoms with Gasteiger partial charge in [0.25, 0.3) is 0 Å². The second-order valence-corrected chi connectivity index (χ2v) is 2.60. The third-order valence-electron chi connectivity index (χ3n) is 1.71. The zero-order valence-electron chi connectivity index (χ0n) is 7.18. The first-order valence-electron chi connectivity index (χ1n) is 3.93. The van der Waals surface area contributed by atoms with Crippen LogP contribution in [0.5, 0.6) is 0 Å². The Balaban J connectivity index is 2.54. The van der Waals surface area contributed by atoms with E-state index in [9.17, 15) is 0 Å². The highest BCUT2D eigenvalue weighted by Crippen LogP contribution is 2.14. The number of aromatic nitrogens is 4. The second kappa shape index (κ2) is 3.26. The van der Waals surface area contributed by atoms with Gasteiger partial charge >= 0.3 is 0 Å². The molecular formula is C9H8N4. The zero-order valence-corrected chi connectivity index (χ0v) is 7.18. The highest BCUT2D eigenvalue weighted by atomic mass is 15.1. The van der Waals surface area contributed by atoms with Crippen molar-refractivity contribution in [3.05, 3.63) is 36.4 Å². The fourth-order valence-corrected chi connectivity index (χ4v) is 1.08. The fraction of sp³-hybridized carbons (Fsp3) is 0.111. The van der Waals surface area contributed by atoms with Gasteiger partial charge in [0.1, 0.15) is 0 Å². The third kappa shape index (κ3) is 1.51. The molecule has 0 N–H and O–H groups in total. The summed E-state index contributed by atoms with van der Waals surface area (Å²) in [4.78, 5) is 8.26. The molecule has 0 spiro atoms. The van der Waals surface area contributed by atoms with Gasteiger partial charge in [0.05, 0.1) is 11.9 Å². The predicted molar refractivity (Wildman–Crippen MR) is 47.8 cm³/mol. The number of hydrogen-bond donors (Lipinski definition) is 0.